The minimum atomic E-state index is -0.00639. The summed E-state index contributed by atoms with van der Waals surface area (Å²) in [6, 6.07) is 7.97. The van der Waals surface area contributed by atoms with Crippen LogP contribution in [-0.4, -0.2) is 30.0 Å². The normalized spacial score (nSPS) is 12.2. The van der Waals surface area contributed by atoms with Gasteiger partial charge in [0.2, 0.25) is 5.91 Å². The molecule has 0 spiro atoms. The summed E-state index contributed by atoms with van der Waals surface area (Å²) in [7, 11) is 0. The van der Waals surface area contributed by atoms with E-state index in [1.807, 2.05) is 36.0 Å². The van der Waals surface area contributed by atoms with Gasteiger partial charge < -0.3 is 10.6 Å². The Hall–Kier alpha value is -0.520. The quantitative estimate of drug-likeness (QED) is 0.709. The summed E-state index contributed by atoms with van der Waals surface area (Å²) in [5.41, 5.74) is 0.815. The number of hydrogen-bond acceptors (Lipinski definition) is 3. The first kappa shape index (κ1) is 16.5. The van der Waals surface area contributed by atoms with E-state index in [1.165, 1.54) is 0 Å². The lowest BCUT2D eigenvalue weighted by Gasteiger charge is -2.13. The molecule has 0 aliphatic carbocycles. The first-order valence-electron chi connectivity index (χ1n) is 6.48. The van der Waals surface area contributed by atoms with Gasteiger partial charge in [0.25, 0.3) is 0 Å². The maximum atomic E-state index is 11.8. The first-order chi connectivity index (χ1) is 9.11. The fraction of sp³-hybridized carbons (Fsp3) is 0.500. The van der Waals surface area contributed by atoms with Crippen molar-refractivity contribution in [2.75, 3.05) is 23.4 Å². The fourth-order valence-corrected chi connectivity index (χ4v) is 2.75. The summed E-state index contributed by atoms with van der Waals surface area (Å²) in [5, 5.41) is 6.11. The van der Waals surface area contributed by atoms with Crippen LogP contribution < -0.4 is 10.6 Å². The van der Waals surface area contributed by atoms with Gasteiger partial charge in [-0.2, -0.15) is 11.8 Å². The molecular formula is C14H21BrN2OS. The van der Waals surface area contributed by atoms with Crippen molar-refractivity contribution in [2.45, 2.75) is 26.3 Å². The van der Waals surface area contributed by atoms with Crippen LogP contribution in [0.2, 0.25) is 0 Å². The van der Waals surface area contributed by atoms with Gasteiger partial charge in [0.15, 0.2) is 0 Å². The summed E-state index contributed by atoms with van der Waals surface area (Å²) < 4.78 is 0.961. The third kappa shape index (κ3) is 7.60. The highest BCUT2D eigenvalue weighted by atomic mass is 79.9. The van der Waals surface area contributed by atoms with Crippen LogP contribution in [-0.2, 0) is 4.79 Å². The Morgan fingerprint density at radius 2 is 2.26 bits per heavy atom. The average Bonchev–Trinajstić information content (AvgIpc) is 2.37. The minimum absolute atomic E-state index is 0.00639. The number of nitrogens with one attached hydrogen (secondary N) is 2. The third-order valence-corrected chi connectivity index (χ3v) is 4.04. The van der Waals surface area contributed by atoms with E-state index in [9.17, 15) is 4.79 Å². The number of halogens is 1. The van der Waals surface area contributed by atoms with Crippen molar-refractivity contribution in [2.24, 2.45) is 0 Å². The average molecular weight is 345 g/mol. The molecule has 1 aromatic carbocycles. The van der Waals surface area contributed by atoms with Crippen LogP contribution >= 0.6 is 27.7 Å². The van der Waals surface area contributed by atoms with Crippen molar-refractivity contribution in [1.82, 2.24) is 5.32 Å². The Labute approximate surface area is 128 Å². The van der Waals surface area contributed by atoms with Crippen LogP contribution in [0.5, 0.6) is 0 Å². The smallest absolute Gasteiger partial charge is 0.238 e. The van der Waals surface area contributed by atoms with Crippen molar-refractivity contribution in [1.29, 1.82) is 0 Å². The van der Waals surface area contributed by atoms with E-state index in [1.54, 1.807) is 0 Å². The molecule has 0 heterocycles. The molecule has 0 aromatic heterocycles. The Bertz CT molecular complexity index is 401. The molecule has 0 fully saturated rings. The van der Waals surface area contributed by atoms with Crippen molar-refractivity contribution >= 4 is 39.3 Å². The van der Waals surface area contributed by atoms with E-state index in [2.05, 4.69) is 40.4 Å². The van der Waals surface area contributed by atoms with E-state index < -0.39 is 0 Å². The summed E-state index contributed by atoms with van der Waals surface area (Å²) in [4.78, 5) is 11.8. The number of carbonyl (C=O) groups is 1. The standard InChI is InChI=1S/C14H21BrN2OS/c1-3-19-8-7-11(2)16-10-14(18)17-13-6-4-5-12(15)9-13/h4-6,9,11,16H,3,7-8,10H2,1-2H3,(H,17,18). The molecule has 3 nitrogen and oxygen atoms in total. The van der Waals surface area contributed by atoms with E-state index in [0.29, 0.717) is 12.6 Å². The third-order valence-electron chi connectivity index (χ3n) is 2.62. The van der Waals surface area contributed by atoms with Gasteiger partial charge in [-0.25, -0.2) is 0 Å². The van der Waals surface area contributed by atoms with Gasteiger partial charge in [0, 0.05) is 16.2 Å². The molecule has 0 aliphatic heterocycles. The van der Waals surface area contributed by atoms with Crippen molar-refractivity contribution in [3.8, 4) is 0 Å². The van der Waals surface area contributed by atoms with E-state index in [4.69, 9.17) is 0 Å². The molecule has 0 saturated carbocycles. The number of benzene rings is 1. The van der Waals surface area contributed by atoms with Crippen molar-refractivity contribution in [3.63, 3.8) is 0 Å². The fourth-order valence-electron chi connectivity index (χ4n) is 1.54. The molecule has 1 aromatic rings. The Morgan fingerprint density at radius 1 is 1.47 bits per heavy atom. The second-order valence-electron chi connectivity index (χ2n) is 4.33. The number of thioether (sulfide) groups is 1. The molecule has 1 unspecified atom stereocenters. The lowest BCUT2D eigenvalue weighted by atomic mass is 10.2. The molecule has 0 bridgehead atoms. The van der Waals surface area contributed by atoms with Crippen molar-refractivity contribution < 1.29 is 4.79 Å². The van der Waals surface area contributed by atoms with Gasteiger partial charge in [-0.3, -0.25) is 4.79 Å². The zero-order chi connectivity index (χ0) is 14.1. The number of carbonyl (C=O) groups excluding carboxylic acids is 1. The Balaban J connectivity index is 2.24. The lowest BCUT2D eigenvalue weighted by molar-refractivity contribution is -0.115. The first-order valence-corrected chi connectivity index (χ1v) is 8.43. The molecule has 0 saturated heterocycles. The highest BCUT2D eigenvalue weighted by Gasteiger charge is 2.06. The van der Waals surface area contributed by atoms with Crippen LogP contribution in [0.3, 0.4) is 0 Å². The molecule has 19 heavy (non-hydrogen) atoms. The molecule has 1 rings (SSSR count). The largest absolute Gasteiger partial charge is 0.325 e. The van der Waals surface area contributed by atoms with Gasteiger partial charge in [0.1, 0.15) is 0 Å². The zero-order valence-electron chi connectivity index (χ0n) is 11.4. The SMILES string of the molecule is CCSCCC(C)NCC(=O)Nc1cccc(Br)c1. The van der Waals surface area contributed by atoms with E-state index in [-0.39, 0.29) is 5.91 Å². The highest BCUT2D eigenvalue weighted by Crippen LogP contribution is 2.15. The summed E-state index contributed by atoms with van der Waals surface area (Å²) in [5.74, 6) is 2.28. The molecule has 2 N–H and O–H groups in total. The second kappa shape index (κ2) is 9.39. The summed E-state index contributed by atoms with van der Waals surface area (Å²) in [6.07, 6.45) is 1.09. The minimum Gasteiger partial charge on any atom is -0.325 e. The maximum absolute atomic E-state index is 11.8. The topological polar surface area (TPSA) is 41.1 Å². The van der Waals surface area contributed by atoms with Crippen LogP contribution in [0.15, 0.2) is 28.7 Å². The predicted octanol–water partition coefficient (Wildman–Crippen LogP) is 3.51. The highest BCUT2D eigenvalue weighted by molar-refractivity contribution is 9.10. The molecule has 5 heteroatoms. The van der Waals surface area contributed by atoms with Gasteiger partial charge in [-0.15, -0.1) is 0 Å². The van der Waals surface area contributed by atoms with E-state index in [0.717, 1.165) is 28.1 Å². The molecule has 1 atom stereocenters. The van der Waals surface area contributed by atoms with Crippen LogP contribution in [0.1, 0.15) is 20.3 Å². The maximum Gasteiger partial charge on any atom is 0.238 e. The Kier molecular flexibility index (Phi) is 8.18. The predicted molar refractivity (Wildman–Crippen MR) is 87.9 cm³/mol. The summed E-state index contributed by atoms with van der Waals surface area (Å²) in [6.45, 7) is 4.63. The van der Waals surface area contributed by atoms with Gasteiger partial charge in [-0.05, 0) is 43.0 Å². The number of hydrogen-bond donors (Lipinski definition) is 2. The molecule has 1 amide bonds. The molecular weight excluding hydrogens is 324 g/mol. The molecule has 106 valence electrons. The van der Waals surface area contributed by atoms with Crippen LogP contribution in [0, 0.1) is 0 Å². The summed E-state index contributed by atoms with van der Waals surface area (Å²) >= 11 is 5.31. The monoisotopic (exact) mass is 344 g/mol. The van der Waals surface area contributed by atoms with Crippen LogP contribution in [0.4, 0.5) is 5.69 Å². The number of amides is 1. The van der Waals surface area contributed by atoms with Gasteiger partial charge in [-0.1, -0.05) is 28.9 Å². The second-order valence-corrected chi connectivity index (χ2v) is 6.64. The van der Waals surface area contributed by atoms with Crippen LogP contribution in [0.25, 0.3) is 0 Å². The number of anilines is 1. The number of rotatable bonds is 8. The van der Waals surface area contributed by atoms with Crippen molar-refractivity contribution in [3.05, 3.63) is 28.7 Å². The Morgan fingerprint density at radius 3 is 2.95 bits per heavy atom. The van der Waals surface area contributed by atoms with Gasteiger partial charge >= 0.3 is 0 Å². The lowest BCUT2D eigenvalue weighted by Crippen LogP contribution is -2.34. The molecule has 0 radical (unpaired) electrons. The zero-order valence-corrected chi connectivity index (χ0v) is 13.8. The van der Waals surface area contributed by atoms with Gasteiger partial charge in [0.05, 0.1) is 6.54 Å². The molecule has 0 aliphatic rings. The van der Waals surface area contributed by atoms with E-state index >= 15 is 0 Å².